The number of alkyl halides is 11. The Morgan fingerprint density at radius 3 is 1.57 bits per heavy atom. The third-order valence-electron chi connectivity index (χ3n) is 4.52. The van der Waals surface area contributed by atoms with Crippen LogP contribution in [0.2, 0.25) is 0 Å². The molecule has 0 saturated carbocycles. The van der Waals surface area contributed by atoms with Gasteiger partial charge in [0.05, 0.1) is 32.0 Å². The van der Waals surface area contributed by atoms with Crippen LogP contribution in [0.4, 0.5) is 48.3 Å². The molecule has 2 rings (SSSR count). The Hall–Kier alpha value is -1.54. The molecule has 5 atom stereocenters. The lowest BCUT2D eigenvalue weighted by molar-refractivity contribution is -0.475. The van der Waals surface area contributed by atoms with Gasteiger partial charge in [-0.25, -0.2) is 4.79 Å². The zero-order chi connectivity index (χ0) is 29.3. The molecule has 8 nitrogen and oxygen atoms in total. The van der Waals surface area contributed by atoms with Gasteiger partial charge in [-0.2, -0.15) is 48.3 Å². The molecule has 0 aromatic heterocycles. The molecule has 5 unspecified atom stereocenters. The quantitative estimate of drug-likeness (QED) is 0.361. The Balaban J connectivity index is 0.000000635. The second-order valence-electron chi connectivity index (χ2n) is 8.26. The van der Waals surface area contributed by atoms with Crippen LogP contribution < -0.4 is 0 Å². The fraction of sp³-hybridized carbons (Fsp3) is 0.944. The number of hydrogen-bond acceptors (Lipinski definition) is 8. The van der Waals surface area contributed by atoms with E-state index in [1.807, 2.05) is 6.92 Å². The predicted octanol–water partition coefficient (Wildman–Crippen LogP) is 3.85. The van der Waals surface area contributed by atoms with Crippen molar-refractivity contribution >= 4 is 5.97 Å². The van der Waals surface area contributed by atoms with Gasteiger partial charge in [0.25, 0.3) is 0 Å². The first-order valence-electron chi connectivity index (χ1n) is 10.0. The van der Waals surface area contributed by atoms with E-state index < -0.39 is 60.5 Å². The van der Waals surface area contributed by atoms with Crippen LogP contribution in [0.25, 0.3) is 0 Å². The summed E-state index contributed by atoms with van der Waals surface area (Å²) in [6, 6.07) is 0. The molecule has 0 bridgehead atoms. The van der Waals surface area contributed by atoms with E-state index in [0.29, 0.717) is 6.61 Å². The molecule has 0 amide bonds. The zero-order valence-corrected chi connectivity index (χ0v) is 19.4. The Labute approximate surface area is 201 Å². The molecule has 220 valence electrons. The van der Waals surface area contributed by atoms with E-state index in [4.69, 9.17) is 24.1 Å². The predicted molar refractivity (Wildman–Crippen MR) is 94.8 cm³/mol. The highest BCUT2D eigenvalue weighted by atomic mass is 19.4. The summed E-state index contributed by atoms with van der Waals surface area (Å²) in [6.07, 6.45) is -21.6. The number of carbonyl (C=O) groups is 1. The highest BCUT2D eigenvalue weighted by Gasteiger charge is 2.80. The molecule has 37 heavy (non-hydrogen) atoms. The number of hydrogen-bond donors (Lipinski definition) is 1. The highest BCUT2D eigenvalue weighted by Crippen LogP contribution is 2.51. The first kappa shape index (κ1) is 33.5. The first-order valence-corrected chi connectivity index (χ1v) is 10.0. The fourth-order valence-corrected chi connectivity index (χ4v) is 2.64. The maximum absolute atomic E-state index is 13.9. The minimum Gasteiger partial charge on any atom is -0.455 e. The summed E-state index contributed by atoms with van der Waals surface area (Å²) in [5, 5.41) is 8.69. The minimum absolute atomic E-state index is 0.0721. The average Bonchev–Trinajstić information content (AvgIpc) is 3.25. The van der Waals surface area contributed by atoms with E-state index in [0.717, 1.165) is 6.92 Å². The average molecular weight is 576 g/mol. The van der Waals surface area contributed by atoms with Crippen LogP contribution in [0.15, 0.2) is 0 Å². The lowest BCUT2D eigenvalue weighted by Crippen LogP contribution is -2.62. The highest BCUT2D eigenvalue weighted by molar-refractivity contribution is 5.79. The van der Waals surface area contributed by atoms with E-state index >= 15 is 0 Å². The number of ether oxygens (including phenoxy) is 6. The maximum atomic E-state index is 13.9. The molecule has 0 aliphatic carbocycles. The first-order chi connectivity index (χ1) is 16.3. The van der Waals surface area contributed by atoms with Crippen LogP contribution in [0.5, 0.6) is 0 Å². The summed E-state index contributed by atoms with van der Waals surface area (Å²) in [6.45, 7) is 5.00. The van der Waals surface area contributed by atoms with Gasteiger partial charge in [0.2, 0.25) is 0 Å². The second kappa shape index (κ2) is 10.9. The van der Waals surface area contributed by atoms with E-state index in [9.17, 15) is 53.1 Å². The summed E-state index contributed by atoms with van der Waals surface area (Å²) in [5.74, 6) is -19.7. The Morgan fingerprint density at radius 2 is 1.27 bits per heavy atom. The molecule has 19 heteroatoms. The van der Waals surface area contributed by atoms with Crippen molar-refractivity contribution in [2.24, 2.45) is 0 Å². The van der Waals surface area contributed by atoms with E-state index in [2.05, 4.69) is 9.47 Å². The van der Waals surface area contributed by atoms with Crippen molar-refractivity contribution in [3.05, 3.63) is 0 Å². The molecular formula is C18H23F11O8. The molecule has 2 fully saturated rings. The smallest absolute Gasteiger partial charge is 0.455 e. The fourth-order valence-electron chi connectivity index (χ4n) is 2.64. The minimum atomic E-state index is -7.28. The van der Waals surface area contributed by atoms with Gasteiger partial charge in [-0.1, -0.05) is 0 Å². The summed E-state index contributed by atoms with van der Waals surface area (Å²) in [5.41, 5.74) is 0. The SMILES string of the molecule is CC1COC(C)(CO)O1.CC1COC(C)(COC(=O)C(F)(OC(F)(F)C(F)(F)C(F)(F)F)C(F)(F)F)O1. The van der Waals surface area contributed by atoms with Crippen LogP contribution in [0.3, 0.4) is 0 Å². The van der Waals surface area contributed by atoms with Gasteiger partial charge in [-0.05, 0) is 27.7 Å². The Bertz CT molecular complexity index is 793. The molecule has 1 N–H and O–H groups in total. The third kappa shape index (κ3) is 7.75. The van der Waals surface area contributed by atoms with Gasteiger partial charge in [0, 0.05) is 0 Å². The lowest BCUT2D eigenvalue weighted by Gasteiger charge is -2.34. The molecule has 0 radical (unpaired) electrons. The normalized spacial score (nSPS) is 30.9. The molecule has 0 aromatic rings. The molecule has 2 aliphatic heterocycles. The van der Waals surface area contributed by atoms with Crippen molar-refractivity contribution in [2.45, 2.75) is 81.7 Å². The second-order valence-corrected chi connectivity index (χ2v) is 8.26. The van der Waals surface area contributed by atoms with E-state index in [1.165, 1.54) is 6.92 Å². The molecule has 0 spiro atoms. The van der Waals surface area contributed by atoms with Gasteiger partial charge in [-0.3, -0.25) is 4.74 Å². The zero-order valence-electron chi connectivity index (χ0n) is 19.4. The molecular weight excluding hydrogens is 553 g/mol. The Kier molecular flexibility index (Phi) is 9.88. The number of aliphatic hydroxyl groups excluding tert-OH is 1. The monoisotopic (exact) mass is 576 g/mol. The number of rotatable bonds is 7. The standard InChI is InChI=1S/C12H11F11O5.C6H12O3/c1-5-3-26-7(2,27-5)4-25-6(24)8(13,10(16,17)18)28-12(22,23)9(14,15)11(19,20)21;1-5-3-8-6(2,4-7)9-5/h5H,3-4H2,1-2H3;5,7H,3-4H2,1-2H3. The molecule has 2 saturated heterocycles. The molecule has 2 heterocycles. The van der Waals surface area contributed by atoms with E-state index in [1.54, 1.807) is 6.92 Å². The van der Waals surface area contributed by atoms with Crippen molar-refractivity contribution in [2.75, 3.05) is 26.4 Å². The number of halogens is 11. The lowest BCUT2D eigenvalue weighted by atomic mass is 10.2. The maximum Gasteiger partial charge on any atom is 0.462 e. The van der Waals surface area contributed by atoms with Crippen LogP contribution in [0.1, 0.15) is 27.7 Å². The number of esters is 1. The topological polar surface area (TPSA) is 92.7 Å². The largest absolute Gasteiger partial charge is 0.462 e. The van der Waals surface area contributed by atoms with Crippen LogP contribution in [0, 0.1) is 0 Å². The van der Waals surface area contributed by atoms with Crippen molar-refractivity contribution in [3.8, 4) is 0 Å². The number of aliphatic hydroxyl groups is 1. The molecule has 2 aliphatic rings. The van der Waals surface area contributed by atoms with Crippen LogP contribution in [-0.4, -0.2) is 91.5 Å². The molecule has 0 aromatic carbocycles. The van der Waals surface area contributed by atoms with Gasteiger partial charge in [0.15, 0.2) is 11.6 Å². The summed E-state index contributed by atoms with van der Waals surface area (Å²) >= 11 is 0. The third-order valence-corrected chi connectivity index (χ3v) is 4.52. The number of carbonyl (C=O) groups excluding carboxylic acids is 1. The van der Waals surface area contributed by atoms with Gasteiger partial charge >= 0.3 is 36.2 Å². The van der Waals surface area contributed by atoms with Crippen LogP contribution >= 0.6 is 0 Å². The van der Waals surface area contributed by atoms with Crippen molar-refractivity contribution < 1.29 is 86.6 Å². The van der Waals surface area contributed by atoms with Gasteiger partial charge < -0.3 is 28.8 Å². The van der Waals surface area contributed by atoms with Gasteiger partial charge in [-0.15, -0.1) is 0 Å². The summed E-state index contributed by atoms with van der Waals surface area (Å²) < 4.78 is 165. The van der Waals surface area contributed by atoms with E-state index in [-0.39, 0.29) is 19.3 Å². The van der Waals surface area contributed by atoms with Gasteiger partial charge in [0.1, 0.15) is 6.61 Å². The van der Waals surface area contributed by atoms with Crippen LogP contribution in [-0.2, 0) is 33.2 Å². The van der Waals surface area contributed by atoms with Crippen molar-refractivity contribution in [3.63, 3.8) is 0 Å². The summed E-state index contributed by atoms with van der Waals surface area (Å²) in [4.78, 5) is 11.3. The Morgan fingerprint density at radius 1 is 0.838 bits per heavy atom. The summed E-state index contributed by atoms with van der Waals surface area (Å²) in [7, 11) is 0. The van der Waals surface area contributed by atoms with Crippen molar-refractivity contribution in [1.29, 1.82) is 0 Å². The van der Waals surface area contributed by atoms with Crippen molar-refractivity contribution in [1.82, 2.24) is 0 Å².